The minimum absolute atomic E-state index is 0.105. The molecule has 1 aliphatic heterocycles. The molecular formula is C13H14N4OS. The van der Waals surface area contributed by atoms with Gasteiger partial charge in [-0.15, -0.1) is 5.10 Å². The maximum absolute atomic E-state index is 11.5. The molecule has 6 heteroatoms. The Bertz CT molecular complexity index is 597. The number of hydrogen-bond acceptors (Lipinski definition) is 5. The van der Waals surface area contributed by atoms with Gasteiger partial charge in [-0.1, -0.05) is 4.49 Å². The Morgan fingerprint density at radius 1 is 1.53 bits per heavy atom. The molecule has 19 heavy (non-hydrogen) atoms. The van der Waals surface area contributed by atoms with Crippen molar-refractivity contribution < 1.29 is 4.79 Å². The number of hydrogen-bond donors (Lipinski definition) is 1. The van der Waals surface area contributed by atoms with Gasteiger partial charge >= 0.3 is 0 Å². The number of carbonyl (C=O) groups is 1. The van der Waals surface area contributed by atoms with Crippen molar-refractivity contribution in [3.63, 3.8) is 0 Å². The maximum atomic E-state index is 11.5. The van der Waals surface area contributed by atoms with Crippen molar-refractivity contribution in [2.75, 3.05) is 16.8 Å². The van der Waals surface area contributed by atoms with Gasteiger partial charge < -0.3 is 10.2 Å². The summed E-state index contributed by atoms with van der Waals surface area (Å²) in [5.41, 5.74) is 4.25. The normalized spacial score (nSPS) is 13.4. The van der Waals surface area contributed by atoms with Gasteiger partial charge in [0.2, 0.25) is 5.91 Å². The Kier molecular flexibility index (Phi) is 3.16. The Hall–Kier alpha value is -1.95. The van der Waals surface area contributed by atoms with Crippen LogP contribution in [-0.2, 0) is 17.8 Å². The predicted molar refractivity (Wildman–Crippen MR) is 75.4 cm³/mol. The number of carbonyl (C=O) groups excluding carboxylic acids is 1. The standard InChI is InChI=1S/C13H14N4OS/c1-9(18)17-5-4-10-6-11(2-3-13(10)17)14-7-12-8-19-16-15-12/h2-3,6,8,14H,4-5,7H2,1H3. The first kappa shape index (κ1) is 12.1. The molecule has 0 fully saturated rings. The molecule has 0 spiro atoms. The van der Waals surface area contributed by atoms with Gasteiger partial charge in [0.05, 0.1) is 12.2 Å². The number of aromatic nitrogens is 2. The largest absolute Gasteiger partial charge is 0.379 e. The van der Waals surface area contributed by atoms with Crippen molar-refractivity contribution in [2.24, 2.45) is 0 Å². The fourth-order valence-corrected chi connectivity index (χ4v) is 2.74. The molecule has 1 aromatic heterocycles. The molecular weight excluding hydrogens is 260 g/mol. The zero-order valence-electron chi connectivity index (χ0n) is 10.6. The van der Waals surface area contributed by atoms with Crippen molar-refractivity contribution >= 4 is 28.8 Å². The van der Waals surface area contributed by atoms with Crippen molar-refractivity contribution in [3.05, 3.63) is 34.8 Å². The zero-order valence-corrected chi connectivity index (χ0v) is 11.4. The van der Waals surface area contributed by atoms with Crippen LogP contribution in [0.25, 0.3) is 0 Å². The van der Waals surface area contributed by atoms with Gasteiger partial charge in [0.15, 0.2) is 0 Å². The van der Waals surface area contributed by atoms with Crippen LogP contribution in [0.15, 0.2) is 23.6 Å². The predicted octanol–water partition coefficient (Wildman–Crippen LogP) is 2.06. The Morgan fingerprint density at radius 2 is 2.42 bits per heavy atom. The number of amides is 1. The van der Waals surface area contributed by atoms with Crippen molar-refractivity contribution in [3.8, 4) is 0 Å². The molecule has 1 N–H and O–H groups in total. The summed E-state index contributed by atoms with van der Waals surface area (Å²) in [5, 5.41) is 9.24. The Morgan fingerprint density at radius 3 is 3.16 bits per heavy atom. The second-order valence-electron chi connectivity index (χ2n) is 4.51. The highest BCUT2D eigenvalue weighted by atomic mass is 32.1. The fourth-order valence-electron chi connectivity index (χ4n) is 2.29. The highest BCUT2D eigenvalue weighted by molar-refractivity contribution is 7.03. The van der Waals surface area contributed by atoms with E-state index in [9.17, 15) is 4.79 Å². The first-order chi connectivity index (χ1) is 9.24. The van der Waals surface area contributed by atoms with E-state index in [0.29, 0.717) is 6.54 Å². The molecule has 5 nitrogen and oxygen atoms in total. The highest BCUT2D eigenvalue weighted by Gasteiger charge is 2.21. The average molecular weight is 274 g/mol. The Labute approximate surface area is 115 Å². The molecule has 2 heterocycles. The van der Waals surface area contributed by atoms with Crippen LogP contribution in [0, 0.1) is 0 Å². The number of nitrogens with zero attached hydrogens (tertiary/aromatic N) is 3. The van der Waals surface area contributed by atoms with Crippen LogP contribution in [0.3, 0.4) is 0 Å². The molecule has 0 unspecified atom stereocenters. The molecule has 1 aliphatic rings. The molecule has 0 bridgehead atoms. The lowest BCUT2D eigenvalue weighted by Crippen LogP contribution is -2.25. The third kappa shape index (κ3) is 2.44. The molecule has 1 amide bonds. The van der Waals surface area contributed by atoms with Crippen LogP contribution in [0.2, 0.25) is 0 Å². The lowest BCUT2D eigenvalue weighted by atomic mass is 10.1. The van der Waals surface area contributed by atoms with Crippen LogP contribution >= 0.6 is 11.5 Å². The summed E-state index contributed by atoms with van der Waals surface area (Å²) < 4.78 is 3.83. The molecule has 0 atom stereocenters. The SMILES string of the molecule is CC(=O)N1CCc2cc(NCc3csnn3)ccc21. The molecule has 0 saturated carbocycles. The van der Waals surface area contributed by atoms with E-state index in [-0.39, 0.29) is 5.91 Å². The van der Waals surface area contributed by atoms with Crippen LogP contribution in [0.5, 0.6) is 0 Å². The van der Waals surface area contributed by atoms with Gasteiger partial charge in [-0.3, -0.25) is 4.79 Å². The van der Waals surface area contributed by atoms with E-state index in [1.807, 2.05) is 22.4 Å². The van der Waals surface area contributed by atoms with Gasteiger partial charge in [-0.05, 0) is 41.7 Å². The van der Waals surface area contributed by atoms with Crippen molar-refractivity contribution in [1.29, 1.82) is 0 Å². The summed E-state index contributed by atoms with van der Waals surface area (Å²) >= 11 is 1.35. The van der Waals surface area contributed by atoms with Crippen LogP contribution < -0.4 is 10.2 Å². The van der Waals surface area contributed by atoms with E-state index in [1.54, 1.807) is 6.92 Å². The van der Waals surface area contributed by atoms with Gasteiger partial charge in [0.1, 0.15) is 0 Å². The fraction of sp³-hybridized carbons (Fsp3) is 0.308. The second-order valence-corrected chi connectivity index (χ2v) is 5.12. The maximum Gasteiger partial charge on any atom is 0.223 e. The molecule has 2 aromatic rings. The van der Waals surface area contributed by atoms with E-state index in [0.717, 1.165) is 30.0 Å². The highest BCUT2D eigenvalue weighted by Crippen LogP contribution is 2.30. The lowest BCUT2D eigenvalue weighted by molar-refractivity contribution is -0.116. The average Bonchev–Trinajstić information content (AvgIpc) is 3.05. The quantitative estimate of drug-likeness (QED) is 0.930. The summed E-state index contributed by atoms with van der Waals surface area (Å²) in [6.07, 6.45) is 0.919. The number of benzene rings is 1. The van der Waals surface area contributed by atoms with Gasteiger partial charge in [-0.25, -0.2) is 0 Å². The second kappa shape index (κ2) is 4.97. The third-order valence-electron chi connectivity index (χ3n) is 3.23. The molecule has 0 saturated heterocycles. The molecule has 0 aliphatic carbocycles. The first-order valence-electron chi connectivity index (χ1n) is 6.15. The topological polar surface area (TPSA) is 58.1 Å². The van der Waals surface area contributed by atoms with Gasteiger partial charge in [0.25, 0.3) is 0 Å². The summed E-state index contributed by atoms with van der Waals surface area (Å²) in [5.74, 6) is 0.105. The summed E-state index contributed by atoms with van der Waals surface area (Å²) in [4.78, 5) is 13.3. The van der Waals surface area contributed by atoms with Crippen LogP contribution in [-0.4, -0.2) is 22.0 Å². The van der Waals surface area contributed by atoms with Crippen LogP contribution in [0.1, 0.15) is 18.2 Å². The first-order valence-corrected chi connectivity index (χ1v) is 6.98. The summed E-state index contributed by atoms with van der Waals surface area (Å²) in [7, 11) is 0. The lowest BCUT2D eigenvalue weighted by Gasteiger charge is -2.15. The van der Waals surface area contributed by atoms with E-state index in [2.05, 4.69) is 21.0 Å². The van der Waals surface area contributed by atoms with E-state index in [4.69, 9.17) is 0 Å². The summed E-state index contributed by atoms with van der Waals surface area (Å²) in [6.45, 7) is 3.06. The third-order valence-corrected chi connectivity index (χ3v) is 3.79. The molecule has 3 rings (SSSR count). The number of fused-ring (bicyclic) bond motifs is 1. The summed E-state index contributed by atoms with van der Waals surface area (Å²) in [6, 6.07) is 6.11. The van der Waals surface area contributed by atoms with Gasteiger partial charge in [0, 0.05) is 30.2 Å². The van der Waals surface area contributed by atoms with Crippen molar-refractivity contribution in [1.82, 2.24) is 9.59 Å². The monoisotopic (exact) mass is 274 g/mol. The minimum atomic E-state index is 0.105. The number of rotatable bonds is 3. The van der Waals surface area contributed by atoms with Crippen molar-refractivity contribution in [2.45, 2.75) is 19.9 Å². The minimum Gasteiger partial charge on any atom is -0.379 e. The Balaban J connectivity index is 1.74. The van der Waals surface area contributed by atoms with Gasteiger partial charge in [-0.2, -0.15) is 0 Å². The van der Waals surface area contributed by atoms with E-state index >= 15 is 0 Å². The molecule has 98 valence electrons. The molecule has 0 radical (unpaired) electrons. The number of anilines is 2. The van der Waals surface area contributed by atoms with Crippen LogP contribution in [0.4, 0.5) is 11.4 Å². The van der Waals surface area contributed by atoms with E-state index in [1.165, 1.54) is 17.1 Å². The zero-order chi connectivity index (χ0) is 13.2. The molecule has 1 aromatic carbocycles. The number of nitrogens with one attached hydrogen (secondary N) is 1. The van der Waals surface area contributed by atoms with E-state index < -0.39 is 0 Å². The smallest absolute Gasteiger partial charge is 0.223 e.